The molecule has 0 aliphatic rings. The van der Waals surface area contributed by atoms with Gasteiger partial charge in [-0.3, -0.25) is 10.2 Å². The van der Waals surface area contributed by atoms with Crippen LogP contribution in [0.25, 0.3) is 0 Å². The minimum Gasteiger partial charge on any atom is -0.383 e. The highest BCUT2D eigenvalue weighted by atomic mass is 16.5. The van der Waals surface area contributed by atoms with E-state index < -0.39 is 0 Å². The van der Waals surface area contributed by atoms with Crippen molar-refractivity contribution in [2.75, 3.05) is 40.5 Å². The Hall–Kier alpha value is -0.160. The zero-order chi connectivity index (χ0) is 11.7. The molecule has 4 nitrogen and oxygen atoms in total. The van der Waals surface area contributed by atoms with Gasteiger partial charge in [-0.15, -0.1) is 0 Å². The van der Waals surface area contributed by atoms with Gasteiger partial charge in [-0.05, 0) is 20.8 Å². The Labute approximate surface area is 93.9 Å². The maximum absolute atomic E-state index is 5.10. The molecule has 0 aliphatic heterocycles. The van der Waals surface area contributed by atoms with Gasteiger partial charge >= 0.3 is 0 Å². The second kappa shape index (κ2) is 9.09. The summed E-state index contributed by atoms with van der Waals surface area (Å²) >= 11 is 0. The first-order valence-corrected chi connectivity index (χ1v) is 5.60. The van der Waals surface area contributed by atoms with Gasteiger partial charge in [0, 0.05) is 33.4 Å². The van der Waals surface area contributed by atoms with Gasteiger partial charge in [0.1, 0.15) is 0 Å². The maximum Gasteiger partial charge on any atom is 0.0590 e. The third-order valence-electron chi connectivity index (χ3n) is 2.46. The zero-order valence-electron chi connectivity index (χ0n) is 10.7. The Morgan fingerprint density at radius 2 is 1.67 bits per heavy atom. The molecule has 1 unspecified atom stereocenters. The van der Waals surface area contributed by atoms with Crippen LogP contribution in [0.15, 0.2) is 0 Å². The molecule has 0 radical (unpaired) electrons. The van der Waals surface area contributed by atoms with Gasteiger partial charge in [-0.1, -0.05) is 0 Å². The van der Waals surface area contributed by atoms with Crippen molar-refractivity contribution in [3.05, 3.63) is 0 Å². The van der Waals surface area contributed by atoms with Gasteiger partial charge in [-0.2, -0.15) is 0 Å². The predicted molar refractivity (Wildman–Crippen MR) is 63.1 cm³/mol. The summed E-state index contributed by atoms with van der Waals surface area (Å²) in [4.78, 5) is 2.37. The molecule has 4 heteroatoms. The summed E-state index contributed by atoms with van der Waals surface area (Å²) in [6.07, 6.45) is 0.357. The second-order valence-corrected chi connectivity index (χ2v) is 3.95. The van der Waals surface area contributed by atoms with E-state index in [1.54, 1.807) is 14.2 Å². The van der Waals surface area contributed by atoms with E-state index in [0.29, 0.717) is 12.2 Å². The molecule has 0 aliphatic carbocycles. The van der Waals surface area contributed by atoms with E-state index in [2.05, 4.69) is 31.0 Å². The van der Waals surface area contributed by atoms with Crippen molar-refractivity contribution in [1.82, 2.24) is 10.2 Å². The lowest BCUT2D eigenvalue weighted by Crippen LogP contribution is -2.49. The Morgan fingerprint density at radius 3 is 2.13 bits per heavy atom. The molecule has 15 heavy (non-hydrogen) atoms. The van der Waals surface area contributed by atoms with E-state index >= 15 is 0 Å². The molecular formula is C11H26N2O2. The molecule has 0 heterocycles. The van der Waals surface area contributed by atoms with Gasteiger partial charge < -0.3 is 9.47 Å². The van der Waals surface area contributed by atoms with Crippen LogP contribution in [-0.4, -0.2) is 57.6 Å². The van der Waals surface area contributed by atoms with Crippen molar-refractivity contribution in [1.29, 1.82) is 0 Å². The molecule has 0 rings (SSSR count). The summed E-state index contributed by atoms with van der Waals surface area (Å²) in [6.45, 7) is 9.93. The monoisotopic (exact) mass is 218 g/mol. The van der Waals surface area contributed by atoms with Crippen LogP contribution in [0.4, 0.5) is 0 Å². The van der Waals surface area contributed by atoms with Crippen LogP contribution in [0.3, 0.4) is 0 Å². The fraction of sp³-hybridized carbons (Fsp3) is 1.00. The number of rotatable bonds is 9. The van der Waals surface area contributed by atoms with Crippen molar-refractivity contribution in [2.24, 2.45) is 0 Å². The standard InChI is InChI=1S/C11H26N2O2/c1-10(2)13(7-9-15-5)11(3)12-6-8-14-4/h10-12H,6-9H2,1-5H3. The molecule has 0 spiro atoms. The van der Waals surface area contributed by atoms with E-state index in [9.17, 15) is 0 Å². The largest absolute Gasteiger partial charge is 0.383 e. The average Bonchev–Trinajstić information content (AvgIpc) is 2.18. The van der Waals surface area contributed by atoms with Crippen LogP contribution in [0, 0.1) is 0 Å². The van der Waals surface area contributed by atoms with Crippen molar-refractivity contribution in [3.63, 3.8) is 0 Å². The third-order valence-corrected chi connectivity index (χ3v) is 2.46. The van der Waals surface area contributed by atoms with E-state index in [4.69, 9.17) is 9.47 Å². The molecule has 0 aromatic heterocycles. The van der Waals surface area contributed by atoms with Crippen molar-refractivity contribution >= 4 is 0 Å². The molecule has 0 saturated heterocycles. The quantitative estimate of drug-likeness (QED) is 0.461. The van der Waals surface area contributed by atoms with Crippen LogP contribution in [0.5, 0.6) is 0 Å². The van der Waals surface area contributed by atoms with Crippen LogP contribution in [0.2, 0.25) is 0 Å². The molecule has 0 aromatic carbocycles. The SMILES string of the molecule is COCCNC(C)N(CCOC)C(C)C. The van der Waals surface area contributed by atoms with Gasteiger partial charge in [0.05, 0.1) is 19.4 Å². The molecule has 1 atom stereocenters. The molecular weight excluding hydrogens is 192 g/mol. The van der Waals surface area contributed by atoms with Gasteiger partial charge in [-0.25, -0.2) is 0 Å². The fourth-order valence-corrected chi connectivity index (χ4v) is 1.58. The molecule has 0 amide bonds. The minimum absolute atomic E-state index is 0.357. The smallest absolute Gasteiger partial charge is 0.0590 e. The summed E-state index contributed by atoms with van der Waals surface area (Å²) in [7, 11) is 3.46. The number of methoxy groups -OCH3 is 2. The molecule has 0 bridgehead atoms. The fourth-order valence-electron chi connectivity index (χ4n) is 1.58. The zero-order valence-corrected chi connectivity index (χ0v) is 10.7. The molecule has 0 fully saturated rings. The van der Waals surface area contributed by atoms with Crippen molar-refractivity contribution < 1.29 is 9.47 Å². The summed E-state index contributed by atoms with van der Waals surface area (Å²) < 4.78 is 10.1. The lowest BCUT2D eigenvalue weighted by atomic mass is 10.3. The van der Waals surface area contributed by atoms with E-state index in [1.165, 1.54) is 0 Å². The number of nitrogens with one attached hydrogen (secondary N) is 1. The normalized spacial score (nSPS) is 13.8. The highest BCUT2D eigenvalue weighted by molar-refractivity contribution is 4.69. The number of nitrogens with zero attached hydrogens (tertiary/aromatic N) is 1. The molecule has 92 valence electrons. The molecule has 0 aromatic rings. The minimum atomic E-state index is 0.357. The van der Waals surface area contributed by atoms with Crippen LogP contribution < -0.4 is 5.32 Å². The highest BCUT2D eigenvalue weighted by Gasteiger charge is 2.15. The van der Waals surface area contributed by atoms with Gasteiger partial charge in [0.15, 0.2) is 0 Å². The summed E-state index contributed by atoms with van der Waals surface area (Å²) in [5.74, 6) is 0. The maximum atomic E-state index is 5.10. The summed E-state index contributed by atoms with van der Waals surface area (Å²) in [5, 5.41) is 3.42. The Morgan fingerprint density at radius 1 is 1.07 bits per heavy atom. The van der Waals surface area contributed by atoms with E-state index in [0.717, 1.165) is 26.3 Å². The highest BCUT2D eigenvalue weighted by Crippen LogP contribution is 2.02. The Kier molecular flexibility index (Phi) is 9.00. The van der Waals surface area contributed by atoms with Crippen LogP contribution in [0.1, 0.15) is 20.8 Å². The summed E-state index contributed by atoms with van der Waals surface area (Å²) in [6, 6.07) is 0.519. The predicted octanol–water partition coefficient (Wildman–Crippen LogP) is 0.925. The van der Waals surface area contributed by atoms with Gasteiger partial charge in [0.2, 0.25) is 0 Å². The number of hydrogen-bond donors (Lipinski definition) is 1. The van der Waals surface area contributed by atoms with Crippen LogP contribution in [-0.2, 0) is 9.47 Å². The Balaban J connectivity index is 3.87. The number of hydrogen-bond acceptors (Lipinski definition) is 4. The van der Waals surface area contributed by atoms with Crippen molar-refractivity contribution in [3.8, 4) is 0 Å². The average molecular weight is 218 g/mol. The Bertz CT molecular complexity index is 143. The van der Waals surface area contributed by atoms with Gasteiger partial charge in [0.25, 0.3) is 0 Å². The first kappa shape index (κ1) is 14.8. The second-order valence-electron chi connectivity index (χ2n) is 3.95. The molecule has 0 saturated carbocycles. The van der Waals surface area contributed by atoms with E-state index in [-0.39, 0.29) is 0 Å². The van der Waals surface area contributed by atoms with E-state index in [1.807, 2.05) is 0 Å². The third kappa shape index (κ3) is 6.84. The van der Waals surface area contributed by atoms with Crippen molar-refractivity contribution in [2.45, 2.75) is 33.0 Å². The molecule has 1 N–H and O–H groups in total. The van der Waals surface area contributed by atoms with Crippen LogP contribution >= 0.6 is 0 Å². The first-order chi connectivity index (χ1) is 7.13. The lowest BCUT2D eigenvalue weighted by molar-refractivity contribution is 0.0834. The number of ether oxygens (including phenoxy) is 2. The first-order valence-electron chi connectivity index (χ1n) is 5.60. The lowest BCUT2D eigenvalue weighted by Gasteiger charge is -2.33. The topological polar surface area (TPSA) is 33.7 Å². The summed E-state index contributed by atoms with van der Waals surface area (Å²) in [5.41, 5.74) is 0.